The SMILES string of the molecule is [C-]#[N+]c1cccc(-c2nnc(CS(=O)(=O)[C@@H](C)[C@H](OC)c3ncc(C)cn3)n2-c2c(OC)ncnc2OC)c1. The summed E-state index contributed by atoms with van der Waals surface area (Å²) in [6.07, 6.45) is 3.53. The Balaban J connectivity index is 1.86. The number of hydrogen-bond acceptors (Lipinski definition) is 11. The lowest BCUT2D eigenvalue weighted by atomic mass is 10.2. The maximum atomic E-state index is 13.7. The molecule has 13 nitrogen and oxygen atoms in total. The van der Waals surface area contributed by atoms with Crippen molar-refractivity contribution in [3.05, 3.63) is 71.6 Å². The molecule has 4 aromatic rings. The molecule has 0 bridgehead atoms. The summed E-state index contributed by atoms with van der Waals surface area (Å²) in [7, 11) is 0.301. The van der Waals surface area contributed by atoms with E-state index in [1.165, 1.54) is 39.1 Å². The van der Waals surface area contributed by atoms with Crippen LogP contribution in [0, 0.1) is 13.5 Å². The highest BCUT2D eigenvalue weighted by Crippen LogP contribution is 2.35. The summed E-state index contributed by atoms with van der Waals surface area (Å²) >= 11 is 0. The Morgan fingerprint density at radius 1 is 1.03 bits per heavy atom. The van der Waals surface area contributed by atoms with Crippen molar-refractivity contribution in [3.63, 3.8) is 0 Å². The smallest absolute Gasteiger partial charge is 0.245 e. The highest BCUT2D eigenvalue weighted by Gasteiger charge is 2.35. The lowest BCUT2D eigenvalue weighted by molar-refractivity contribution is 0.0947. The van der Waals surface area contributed by atoms with Gasteiger partial charge in [-0.05, 0) is 25.5 Å². The molecular weight excluding hydrogens is 524 g/mol. The van der Waals surface area contributed by atoms with Gasteiger partial charge in [0.25, 0.3) is 0 Å². The molecule has 39 heavy (non-hydrogen) atoms. The van der Waals surface area contributed by atoms with Gasteiger partial charge in [-0.3, -0.25) is 4.57 Å². The molecule has 0 spiro atoms. The first-order valence-corrected chi connectivity index (χ1v) is 13.3. The largest absolute Gasteiger partial charge is 0.479 e. The fourth-order valence-corrected chi connectivity index (χ4v) is 5.36. The molecule has 0 aliphatic rings. The van der Waals surface area contributed by atoms with Gasteiger partial charge in [0.2, 0.25) is 11.8 Å². The normalized spacial score (nSPS) is 12.9. The Morgan fingerprint density at radius 3 is 2.28 bits per heavy atom. The average Bonchev–Trinajstić information content (AvgIpc) is 3.35. The molecule has 4 rings (SSSR count). The van der Waals surface area contributed by atoms with Crippen LogP contribution in [0.5, 0.6) is 11.8 Å². The zero-order valence-electron chi connectivity index (χ0n) is 21.9. The fourth-order valence-electron chi connectivity index (χ4n) is 3.94. The van der Waals surface area contributed by atoms with Crippen molar-refractivity contribution in [1.82, 2.24) is 34.7 Å². The molecular formula is C25H26N8O5S. The van der Waals surface area contributed by atoms with E-state index in [1.807, 2.05) is 6.92 Å². The third-order valence-electron chi connectivity index (χ3n) is 5.96. The lowest BCUT2D eigenvalue weighted by Gasteiger charge is -2.22. The van der Waals surface area contributed by atoms with Crippen molar-refractivity contribution in [3.8, 4) is 28.8 Å². The predicted octanol–water partition coefficient (Wildman–Crippen LogP) is 3.08. The Morgan fingerprint density at radius 2 is 1.69 bits per heavy atom. The second-order valence-corrected chi connectivity index (χ2v) is 10.8. The highest BCUT2D eigenvalue weighted by atomic mass is 32.2. The van der Waals surface area contributed by atoms with Gasteiger partial charge in [-0.15, -0.1) is 10.2 Å². The van der Waals surface area contributed by atoms with Crippen LogP contribution in [-0.4, -0.2) is 69.7 Å². The van der Waals surface area contributed by atoms with Gasteiger partial charge < -0.3 is 14.2 Å². The van der Waals surface area contributed by atoms with E-state index < -0.39 is 26.9 Å². The van der Waals surface area contributed by atoms with Crippen molar-refractivity contribution in [2.75, 3.05) is 21.3 Å². The molecule has 0 aliphatic heterocycles. The van der Waals surface area contributed by atoms with Crippen LogP contribution in [0.15, 0.2) is 43.0 Å². The number of aryl methyl sites for hydroxylation is 1. The summed E-state index contributed by atoms with van der Waals surface area (Å²) in [5, 5.41) is 7.48. The molecule has 0 aliphatic carbocycles. The van der Waals surface area contributed by atoms with Gasteiger partial charge in [0, 0.05) is 25.1 Å². The second kappa shape index (κ2) is 11.5. The monoisotopic (exact) mass is 550 g/mol. The summed E-state index contributed by atoms with van der Waals surface area (Å²) in [6.45, 7) is 10.7. The van der Waals surface area contributed by atoms with E-state index in [-0.39, 0.29) is 34.9 Å². The molecule has 202 valence electrons. The van der Waals surface area contributed by atoms with Crippen molar-refractivity contribution in [1.29, 1.82) is 0 Å². The second-order valence-electron chi connectivity index (χ2n) is 8.47. The van der Waals surface area contributed by atoms with Crippen molar-refractivity contribution in [2.45, 2.75) is 31.0 Å². The van der Waals surface area contributed by atoms with Gasteiger partial charge in [-0.1, -0.05) is 18.2 Å². The molecule has 14 heteroatoms. The van der Waals surface area contributed by atoms with Gasteiger partial charge in [-0.2, -0.15) is 9.97 Å². The first-order valence-electron chi connectivity index (χ1n) is 11.6. The number of ether oxygens (including phenoxy) is 3. The Bertz CT molecular complexity index is 1590. The predicted molar refractivity (Wildman–Crippen MR) is 140 cm³/mol. The van der Waals surface area contributed by atoms with Gasteiger partial charge in [0.1, 0.15) is 18.2 Å². The zero-order chi connectivity index (χ0) is 28.2. The molecule has 0 unspecified atom stereocenters. The fraction of sp³-hybridized carbons (Fsp3) is 0.320. The lowest BCUT2D eigenvalue weighted by Crippen LogP contribution is -2.30. The number of rotatable bonds is 10. The van der Waals surface area contributed by atoms with Crippen LogP contribution in [0.4, 0.5) is 5.69 Å². The van der Waals surface area contributed by atoms with Crippen LogP contribution in [-0.2, 0) is 20.3 Å². The van der Waals surface area contributed by atoms with Crippen LogP contribution in [0.2, 0.25) is 0 Å². The van der Waals surface area contributed by atoms with Crippen molar-refractivity contribution >= 4 is 15.5 Å². The maximum absolute atomic E-state index is 13.7. The van der Waals surface area contributed by atoms with Crippen molar-refractivity contribution in [2.24, 2.45) is 0 Å². The average molecular weight is 551 g/mol. The molecule has 0 saturated carbocycles. The van der Waals surface area contributed by atoms with E-state index in [0.29, 0.717) is 11.3 Å². The summed E-state index contributed by atoms with van der Waals surface area (Å²) in [6, 6.07) is 6.69. The summed E-state index contributed by atoms with van der Waals surface area (Å²) < 4.78 is 45.4. The first kappa shape index (κ1) is 27.6. The Labute approximate surface area is 225 Å². The molecule has 1 aromatic carbocycles. The quantitative estimate of drug-likeness (QED) is 0.268. The van der Waals surface area contributed by atoms with E-state index in [2.05, 4.69) is 35.0 Å². The van der Waals surface area contributed by atoms with Crippen molar-refractivity contribution < 1.29 is 22.6 Å². The Hall–Kier alpha value is -4.48. The van der Waals surface area contributed by atoms with Crippen LogP contribution < -0.4 is 9.47 Å². The van der Waals surface area contributed by atoms with Gasteiger partial charge in [0.15, 0.2) is 38.7 Å². The third-order valence-corrected chi connectivity index (χ3v) is 8.00. The Kier molecular flexibility index (Phi) is 8.12. The number of aromatic nitrogens is 7. The first-order chi connectivity index (χ1) is 18.7. The molecule has 2 atom stereocenters. The van der Waals surface area contributed by atoms with Gasteiger partial charge in [-0.25, -0.2) is 23.2 Å². The summed E-state index contributed by atoms with van der Waals surface area (Å²) in [5.41, 5.74) is 1.93. The van der Waals surface area contributed by atoms with E-state index >= 15 is 0 Å². The molecule has 0 radical (unpaired) electrons. The van der Waals surface area contributed by atoms with E-state index in [9.17, 15) is 8.42 Å². The molecule has 0 N–H and O–H groups in total. The number of nitrogens with zero attached hydrogens (tertiary/aromatic N) is 8. The van der Waals surface area contributed by atoms with E-state index in [0.717, 1.165) is 5.56 Å². The van der Waals surface area contributed by atoms with Crippen LogP contribution in [0.1, 0.15) is 30.2 Å². The van der Waals surface area contributed by atoms with E-state index in [1.54, 1.807) is 36.7 Å². The minimum Gasteiger partial charge on any atom is -0.479 e. The molecule has 0 amide bonds. The molecule has 3 heterocycles. The summed E-state index contributed by atoms with van der Waals surface area (Å²) in [4.78, 5) is 20.3. The standard InChI is InChI=1S/C25H26N8O5S/c1-15-11-27-22(28-12-15)21(36-4)16(2)39(34,35)13-19-31-32-23(17-8-7-9-18(10-17)26-3)33(19)20-24(37-5)29-14-30-25(20)38-6/h7-12,14,16,21H,13H2,1-2,4-6H3/t16-,21-/m0/s1. The van der Waals surface area contributed by atoms with E-state index in [4.69, 9.17) is 20.8 Å². The topological polar surface area (TPSA) is 148 Å². The number of benzene rings is 1. The number of methoxy groups -OCH3 is 3. The minimum absolute atomic E-state index is 0.0520. The minimum atomic E-state index is -3.93. The molecule has 0 fully saturated rings. The number of sulfone groups is 1. The summed E-state index contributed by atoms with van der Waals surface area (Å²) in [5.74, 6) is 0.233. The third kappa shape index (κ3) is 5.54. The van der Waals surface area contributed by atoms with Gasteiger partial charge in [0.05, 0.1) is 26.0 Å². The highest BCUT2D eigenvalue weighted by molar-refractivity contribution is 7.91. The number of hydrogen-bond donors (Lipinski definition) is 0. The maximum Gasteiger partial charge on any atom is 0.245 e. The molecule has 3 aromatic heterocycles. The van der Waals surface area contributed by atoms with Crippen LogP contribution in [0.3, 0.4) is 0 Å². The molecule has 0 saturated heterocycles. The zero-order valence-corrected chi connectivity index (χ0v) is 22.7. The van der Waals surface area contributed by atoms with Crippen LogP contribution >= 0.6 is 0 Å². The van der Waals surface area contributed by atoms with Crippen LogP contribution in [0.25, 0.3) is 21.9 Å². The van der Waals surface area contributed by atoms with Gasteiger partial charge >= 0.3 is 0 Å².